The van der Waals surface area contributed by atoms with Crippen molar-refractivity contribution in [2.75, 3.05) is 30.8 Å². The van der Waals surface area contributed by atoms with E-state index in [4.69, 9.17) is 9.47 Å². The van der Waals surface area contributed by atoms with Gasteiger partial charge in [0.2, 0.25) is 10.0 Å². The standard InChI is InChI=1S/C28H28N2O5S/c1-34-26-8-5-9-27(19-26)35-17-16-29-28(31)23-12-10-21(11-13-23)20-30(36(2,32)33)25-15-14-22-6-3-4-7-24(22)18-25/h3-15,18-19H,16-17,20H2,1-2H3,(H,29,31). The van der Waals surface area contributed by atoms with Crippen molar-refractivity contribution in [2.24, 2.45) is 0 Å². The molecule has 8 heteroatoms. The minimum absolute atomic E-state index is 0.160. The van der Waals surface area contributed by atoms with E-state index in [2.05, 4.69) is 5.32 Å². The Bertz CT molecular complexity index is 1450. The summed E-state index contributed by atoms with van der Waals surface area (Å²) >= 11 is 0. The lowest BCUT2D eigenvalue weighted by atomic mass is 10.1. The van der Waals surface area contributed by atoms with Crippen LogP contribution < -0.4 is 19.1 Å². The molecule has 0 unspecified atom stereocenters. The topological polar surface area (TPSA) is 84.9 Å². The summed E-state index contributed by atoms with van der Waals surface area (Å²) in [6.07, 6.45) is 1.19. The van der Waals surface area contributed by atoms with E-state index in [-0.39, 0.29) is 12.5 Å². The second-order valence-corrected chi connectivity index (χ2v) is 10.2. The van der Waals surface area contributed by atoms with E-state index in [1.165, 1.54) is 10.6 Å². The average Bonchev–Trinajstić information content (AvgIpc) is 2.89. The molecule has 36 heavy (non-hydrogen) atoms. The highest BCUT2D eigenvalue weighted by atomic mass is 32.2. The number of nitrogens with zero attached hydrogens (tertiary/aromatic N) is 1. The highest BCUT2D eigenvalue weighted by molar-refractivity contribution is 7.92. The molecule has 0 aromatic heterocycles. The maximum Gasteiger partial charge on any atom is 0.251 e. The summed E-state index contributed by atoms with van der Waals surface area (Å²) in [5, 5.41) is 4.83. The number of rotatable bonds is 10. The molecule has 0 aliphatic heterocycles. The van der Waals surface area contributed by atoms with Gasteiger partial charge >= 0.3 is 0 Å². The van der Waals surface area contributed by atoms with Crippen LogP contribution in [0.3, 0.4) is 0 Å². The zero-order valence-corrected chi connectivity index (χ0v) is 21.0. The fraction of sp³-hybridized carbons (Fsp3) is 0.179. The van der Waals surface area contributed by atoms with Crippen LogP contribution in [0.15, 0.2) is 91.0 Å². The van der Waals surface area contributed by atoms with Crippen LogP contribution in [0.25, 0.3) is 10.8 Å². The molecule has 0 saturated carbocycles. The van der Waals surface area contributed by atoms with E-state index < -0.39 is 10.0 Å². The van der Waals surface area contributed by atoms with Gasteiger partial charge in [-0.25, -0.2) is 8.42 Å². The van der Waals surface area contributed by atoms with Crippen LogP contribution in [-0.2, 0) is 16.6 Å². The number of amides is 1. The van der Waals surface area contributed by atoms with Gasteiger partial charge in [-0.3, -0.25) is 9.10 Å². The molecule has 0 aliphatic rings. The molecule has 0 aliphatic carbocycles. The summed E-state index contributed by atoms with van der Waals surface area (Å²) in [7, 11) is -1.93. The summed E-state index contributed by atoms with van der Waals surface area (Å²) in [6.45, 7) is 0.807. The van der Waals surface area contributed by atoms with Gasteiger partial charge in [0, 0.05) is 11.6 Å². The van der Waals surface area contributed by atoms with Crippen LogP contribution >= 0.6 is 0 Å². The van der Waals surface area contributed by atoms with Crippen molar-refractivity contribution >= 4 is 32.4 Å². The summed E-state index contributed by atoms with van der Waals surface area (Å²) in [4.78, 5) is 12.5. The number of carbonyl (C=O) groups excluding carboxylic acids is 1. The van der Waals surface area contributed by atoms with Crippen molar-refractivity contribution in [3.63, 3.8) is 0 Å². The quantitative estimate of drug-likeness (QED) is 0.319. The van der Waals surface area contributed by atoms with Crippen molar-refractivity contribution in [1.82, 2.24) is 5.32 Å². The number of sulfonamides is 1. The lowest BCUT2D eigenvalue weighted by Crippen LogP contribution is -2.29. The van der Waals surface area contributed by atoms with Crippen molar-refractivity contribution in [1.29, 1.82) is 0 Å². The van der Waals surface area contributed by atoms with Crippen LogP contribution in [0, 0.1) is 0 Å². The average molecular weight is 505 g/mol. The van der Waals surface area contributed by atoms with E-state index in [1.54, 1.807) is 43.5 Å². The largest absolute Gasteiger partial charge is 0.497 e. The smallest absolute Gasteiger partial charge is 0.251 e. The Morgan fingerprint density at radius 3 is 2.31 bits per heavy atom. The summed E-state index contributed by atoms with van der Waals surface area (Å²) in [6, 6.07) is 27.6. The Morgan fingerprint density at radius 2 is 1.58 bits per heavy atom. The third-order valence-corrected chi connectivity index (χ3v) is 6.80. The zero-order valence-electron chi connectivity index (χ0n) is 20.2. The van der Waals surface area contributed by atoms with Gasteiger partial charge in [-0.15, -0.1) is 0 Å². The molecule has 0 atom stereocenters. The van der Waals surface area contributed by atoms with Gasteiger partial charge in [0.25, 0.3) is 5.91 Å². The van der Waals surface area contributed by atoms with E-state index in [9.17, 15) is 13.2 Å². The Hall–Kier alpha value is -4.04. The summed E-state index contributed by atoms with van der Waals surface area (Å²) in [5.41, 5.74) is 1.84. The highest BCUT2D eigenvalue weighted by Gasteiger charge is 2.18. The number of benzene rings is 4. The maximum absolute atomic E-state index is 12.6. The molecule has 186 valence electrons. The predicted octanol–water partition coefficient (Wildman–Crippen LogP) is 4.62. The van der Waals surface area contributed by atoms with Crippen LogP contribution in [0.2, 0.25) is 0 Å². The fourth-order valence-electron chi connectivity index (χ4n) is 3.79. The first-order chi connectivity index (χ1) is 17.3. The number of methoxy groups -OCH3 is 1. The minimum atomic E-state index is -3.52. The van der Waals surface area contributed by atoms with Crippen LogP contribution in [0.5, 0.6) is 11.5 Å². The van der Waals surface area contributed by atoms with Gasteiger partial charge in [0.15, 0.2) is 0 Å². The second-order valence-electron chi connectivity index (χ2n) is 8.28. The summed E-state index contributed by atoms with van der Waals surface area (Å²) < 4.78 is 37.3. The van der Waals surface area contributed by atoms with E-state index in [0.29, 0.717) is 35.9 Å². The monoisotopic (exact) mass is 504 g/mol. The normalized spacial score (nSPS) is 11.2. The molecule has 0 radical (unpaired) electrons. The van der Waals surface area contributed by atoms with E-state index in [1.807, 2.05) is 54.6 Å². The molecule has 7 nitrogen and oxygen atoms in total. The molecule has 1 N–H and O–H groups in total. The third-order valence-electron chi connectivity index (χ3n) is 5.66. The van der Waals surface area contributed by atoms with Crippen LogP contribution in [0.1, 0.15) is 15.9 Å². The highest BCUT2D eigenvalue weighted by Crippen LogP contribution is 2.26. The molecule has 4 aromatic rings. The van der Waals surface area contributed by atoms with E-state index in [0.717, 1.165) is 16.3 Å². The molecule has 0 saturated heterocycles. The zero-order chi connectivity index (χ0) is 25.5. The minimum Gasteiger partial charge on any atom is -0.497 e. The molecule has 0 heterocycles. The molecule has 0 bridgehead atoms. The lowest BCUT2D eigenvalue weighted by molar-refractivity contribution is 0.0947. The Morgan fingerprint density at radius 1 is 0.861 bits per heavy atom. The third kappa shape index (κ3) is 6.34. The fourth-order valence-corrected chi connectivity index (χ4v) is 4.67. The molecule has 4 rings (SSSR count). The lowest BCUT2D eigenvalue weighted by Gasteiger charge is -2.23. The van der Waals surface area contributed by atoms with Gasteiger partial charge in [-0.05, 0) is 52.7 Å². The molecular weight excluding hydrogens is 476 g/mol. The number of anilines is 1. The van der Waals surface area contributed by atoms with E-state index >= 15 is 0 Å². The first-order valence-electron chi connectivity index (χ1n) is 11.4. The first kappa shape index (κ1) is 25.1. The van der Waals surface area contributed by atoms with Crippen LogP contribution in [0.4, 0.5) is 5.69 Å². The van der Waals surface area contributed by atoms with Gasteiger partial charge in [0.1, 0.15) is 18.1 Å². The second kappa shape index (κ2) is 11.1. The number of hydrogen-bond donors (Lipinski definition) is 1. The molecule has 1 amide bonds. The van der Waals surface area contributed by atoms with Gasteiger partial charge < -0.3 is 14.8 Å². The Labute approximate surface area is 211 Å². The van der Waals surface area contributed by atoms with Gasteiger partial charge in [-0.1, -0.05) is 48.5 Å². The molecule has 0 fully saturated rings. The van der Waals surface area contributed by atoms with Gasteiger partial charge in [0.05, 0.1) is 32.1 Å². The number of ether oxygens (including phenoxy) is 2. The Balaban J connectivity index is 1.37. The molecular formula is C28H28N2O5S. The van der Waals surface area contributed by atoms with Crippen LogP contribution in [-0.4, -0.2) is 40.8 Å². The van der Waals surface area contributed by atoms with Crippen molar-refractivity contribution < 1.29 is 22.7 Å². The number of fused-ring (bicyclic) bond motifs is 1. The first-order valence-corrected chi connectivity index (χ1v) is 13.3. The number of carbonyl (C=O) groups is 1. The summed E-state index contributed by atoms with van der Waals surface area (Å²) in [5.74, 6) is 1.13. The molecule has 0 spiro atoms. The predicted molar refractivity (Wildman–Crippen MR) is 142 cm³/mol. The van der Waals surface area contributed by atoms with Gasteiger partial charge in [-0.2, -0.15) is 0 Å². The van der Waals surface area contributed by atoms with Crippen molar-refractivity contribution in [2.45, 2.75) is 6.54 Å². The Kier molecular flexibility index (Phi) is 7.75. The number of hydrogen-bond acceptors (Lipinski definition) is 5. The van der Waals surface area contributed by atoms with Crippen molar-refractivity contribution in [3.05, 3.63) is 102 Å². The maximum atomic E-state index is 12.6. The van der Waals surface area contributed by atoms with Crippen molar-refractivity contribution in [3.8, 4) is 11.5 Å². The SMILES string of the molecule is COc1cccc(OCCNC(=O)c2ccc(CN(c3ccc4ccccc4c3)S(C)(=O)=O)cc2)c1. The number of nitrogens with one attached hydrogen (secondary N) is 1. The molecule has 4 aromatic carbocycles.